The molecule has 0 radical (unpaired) electrons. The second-order valence-corrected chi connectivity index (χ2v) is 5.88. The second kappa shape index (κ2) is 5.22. The van der Waals surface area contributed by atoms with Crippen LogP contribution in [0.3, 0.4) is 0 Å². The Balaban J connectivity index is 1.99. The molecule has 1 fully saturated rings. The van der Waals surface area contributed by atoms with Crippen LogP contribution < -0.4 is 0 Å². The van der Waals surface area contributed by atoms with Crippen molar-refractivity contribution in [1.29, 1.82) is 0 Å². The van der Waals surface area contributed by atoms with E-state index in [9.17, 15) is 0 Å². The first-order valence-corrected chi connectivity index (χ1v) is 7.12. The van der Waals surface area contributed by atoms with E-state index in [0.29, 0.717) is 0 Å². The van der Waals surface area contributed by atoms with Crippen molar-refractivity contribution in [2.75, 3.05) is 11.5 Å². The van der Waals surface area contributed by atoms with Crippen LogP contribution in [0, 0.1) is 5.92 Å². The first-order chi connectivity index (χ1) is 6.86. The normalized spacial score (nSPS) is 22.2. The highest BCUT2D eigenvalue weighted by atomic mass is 79.9. The number of thioether (sulfide) groups is 1. The van der Waals surface area contributed by atoms with Gasteiger partial charge in [0, 0.05) is 4.47 Å². The van der Waals surface area contributed by atoms with Gasteiger partial charge in [-0.1, -0.05) is 34.1 Å². The van der Waals surface area contributed by atoms with Crippen LogP contribution in [0.5, 0.6) is 0 Å². The summed E-state index contributed by atoms with van der Waals surface area (Å²) in [5.74, 6) is 3.61. The fourth-order valence-corrected chi connectivity index (χ4v) is 3.55. The van der Waals surface area contributed by atoms with E-state index in [4.69, 9.17) is 0 Å². The maximum atomic E-state index is 3.62. The summed E-state index contributed by atoms with van der Waals surface area (Å²) in [6, 6.07) is 8.61. The zero-order valence-corrected chi connectivity index (χ0v) is 10.6. The highest BCUT2D eigenvalue weighted by molar-refractivity contribution is 9.10. The third-order valence-corrected chi connectivity index (χ3v) is 4.78. The fourth-order valence-electron chi connectivity index (χ4n) is 1.94. The summed E-state index contributed by atoms with van der Waals surface area (Å²) in [5.41, 5.74) is 1.47. The van der Waals surface area contributed by atoms with Crippen LogP contribution in [0.25, 0.3) is 0 Å². The third kappa shape index (κ3) is 2.77. The lowest BCUT2D eigenvalue weighted by atomic mass is 9.96. The molecule has 0 spiro atoms. The van der Waals surface area contributed by atoms with Gasteiger partial charge in [0.2, 0.25) is 0 Å². The van der Waals surface area contributed by atoms with E-state index in [-0.39, 0.29) is 0 Å². The number of benzene rings is 1. The van der Waals surface area contributed by atoms with Gasteiger partial charge in [-0.05, 0) is 48.3 Å². The van der Waals surface area contributed by atoms with Crippen LogP contribution >= 0.6 is 27.7 Å². The number of halogens is 1. The maximum absolute atomic E-state index is 3.62. The van der Waals surface area contributed by atoms with Crippen molar-refractivity contribution < 1.29 is 0 Å². The second-order valence-electron chi connectivity index (χ2n) is 3.88. The average Bonchev–Trinajstić information content (AvgIpc) is 2.23. The van der Waals surface area contributed by atoms with E-state index < -0.39 is 0 Å². The molecule has 0 N–H and O–H groups in total. The molecule has 1 atom stereocenters. The van der Waals surface area contributed by atoms with Gasteiger partial charge in [0.15, 0.2) is 0 Å². The Hall–Kier alpha value is 0.0500. The molecule has 1 aromatic carbocycles. The lowest BCUT2D eigenvalue weighted by Gasteiger charge is -2.21. The molecule has 0 bridgehead atoms. The van der Waals surface area contributed by atoms with E-state index in [1.807, 2.05) is 0 Å². The average molecular weight is 271 g/mol. The zero-order chi connectivity index (χ0) is 9.80. The first kappa shape index (κ1) is 10.6. The molecule has 1 unspecified atom stereocenters. The van der Waals surface area contributed by atoms with Crippen LogP contribution in [-0.2, 0) is 6.42 Å². The summed E-state index contributed by atoms with van der Waals surface area (Å²) in [6.07, 6.45) is 4.06. The van der Waals surface area contributed by atoms with E-state index in [2.05, 4.69) is 52.0 Å². The molecule has 1 aromatic rings. The van der Waals surface area contributed by atoms with Crippen molar-refractivity contribution in [2.24, 2.45) is 5.92 Å². The van der Waals surface area contributed by atoms with Crippen LogP contribution in [-0.4, -0.2) is 11.5 Å². The van der Waals surface area contributed by atoms with Gasteiger partial charge in [0.05, 0.1) is 0 Å². The molecular weight excluding hydrogens is 256 g/mol. The fraction of sp³-hybridized carbons (Fsp3) is 0.500. The van der Waals surface area contributed by atoms with Gasteiger partial charge in [-0.3, -0.25) is 0 Å². The molecule has 1 heterocycles. The Morgan fingerprint density at radius 3 is 2.93 bits per heavy atom. The van der Waals surface area contributed by atoms with Crippen LogP contribution in [0.4, 0.5) is 0 Å². The lowest BCUT2D eigenvalue weighted by Crippen LogP contribution is -2.13. The van der Waals surface area contributed by atoms with E-state index in [1.54, 1.807) is 0 Å². The molecule has 0 nitrogen and oxygen atoms in total. The summed E-state index contributed by atoms with van der Waals surface area (Å²) >= 11 is 5.73. The van der Waals surface area contributed by atoms with Gasteiger partial charge in [-0.2, -0.15) is 11.8 Å². The predicted octanol–water partition coefficient (Wildman–Crippen LogP) is 4.13. The minimum atomic E-state index is 0.896. The molecule has 1 aliphatic heterocycles. The Labute approximate surface area is 98.6 Å². The summed E-state index contributed by atoms with van der Waals surface area (Å²) < 4.78 is 1.27. The molecule has 2 rings (SSSR count). The molecule has 0 saturated carbocycles. The summed E-state index contributed by atoms with van der Waals surface area (Å²) in [4.78, 5) is 0. The summed E-state index contributed by atoms with van der Waals surface area (Å²) in [7, 11) is 0. The highest BCUT2D eigenvalue weighted by Gasteiger charge is 2.14. The summed E-state index contributed by atoms with van der Waals surface area (Å²) in [5, 5.41) is 0. The zero-order valence-electron chi connectivity index (χ0n) is 8.21. The Kier molecular flexibility index (Phi) is 3.94. The molecule has 2 heteroatoms. The molecular formula is C12H15BrS. The van der Waals surface area contributed by atoms with Gasteiger partial charge in [-0.15, -0.1) is 0 Å². The van der Waals surface area contributed by atoms with Crippen molar-refractivity contribution in [2.45, 2.75) is 19.3 Å². The van der Waals surface area contributed by atoms with Gasteiger partial charge in [0.25, 0.3) is 0 Å². The number of hydrogen-bond acceptors (Lipinski definition) is 1. The van der Waals surface area contributed by atoms with Crippen LogP contribution in [0.1, 0.15) is 18.4 Å². The standard InChI is InChI=1S/C12H15BrS/c13-12-6-2-1-5-11(12)8-10-4-3-7-14-9-10/h1-2,5-6,10H,3-4,7-9H2. The molecule has 0 amide bonds. The third-order valence-electron chi connectivity index (χ3n) is 2.72. The number of rotatable bonds is 2. The van der Waals surface area contributed by atoms with E-state index in [0.717, 1.165) is 5.92 Å². The summed E-state index contributed by atoms with van der Waals surface area (Å²) in [6.45, 7) is 0. The van der Waals surface area contributed by atoms with Gasteiger partial charge in [0.1, 0.15) is 0 Å². The van der Waals surface area contributed by atoms with Gasteiger partial charge in [-0.25, -0.2) is 0 Å². The van der Waals surface area contributed by atoms with E-state index >= 15 is 0 Å². The van der Waals surface area contributed by atoms with Gasteiger partial charge >= 0.3 is 0 Å². The molecule has 0 aromatic heterocycles. The van der Waals surface area contributed by atoms with Crippen molar-refractivity contribution >= 4 is 27.7 Å². The van der Waals surface area contributed by atoms with E-state index in [1.165, 1.54) is 40.8 Å². The monoisotopic (exact) mass is 270 g/mol. The predicted molar refractivity (Wildman–Crippen MR) is 67.9 cm³/mol. The number of hydrogen-bond donors (Lipinski definition) is 0. The van der Waals surface area contributed by atoms with Gasteiger partial charge < -0.3 is 0 Å². The lowest BCUT2D eigenvalue weighted by molar-refractivity contribution is 0.520. The topological polar surface area (TPSA) is 0 Å². The molecule has 1 saturated heterocycles. The largest absolute Gasteiger partial charge is 0.162 e. The van der Waals surface area contributed by atoms with Crippen molar-refractivity contribution in [1.82, 2.24) is 0 Å². The smallest absolute Gasteiger partial charge is 0.0207 e. The molecule has 14 heavy (non-hydrogen) atoms. The van der Waals surface area contributed by atoms with Crippen LogP contribution in [0.15, 0.2) is 28.7 Å². The minimum absolute atomic E-state index is 0.896. The highest BCUT2D eigenvalue weighted by Crippen LogP contribution is 2.28. The SMILES string of the molecule is Brc1ccccc1CC1CCCSC1. The van der Waals surface area contributed by atoms with Crippen molar-refractivity contribution in [3.8, 4) is 0 Å². The Morgan fingerprint density at radius 1 is 1.36 bits per heavy atom. The van der Waals surface area contributed by atoms with Crippen molar-refractivity contribution in [3.05, 3.63) is 34.3 Å². The molecule has 1 aliphatic rings. The van der Waals surface area contributed by atoms with Crippen molar-refractivity contribution in [3.63, 3.8) is 0 Å². The Morgan fingerprint density at radius 2 is 2.21 bits per heavy atom. The Bertz CT molecular complexity index is 292. The molecule has 76 valence electrons. The quantitative estimate of drug-likeness (QED) is 0.779. The first-order valence-electron chi connectivity index (χ1n) is 5.17. The maximum Gasteiger partial charge on any atom is 0.0207 e. The minimum Gasteiger partial charge on any atom is -0.162 e. The van der Waals surface area contributed by atoms with Crippen LogP contribution in [0.2, 0.25) is 0 Å². The molecule has 0 aliphatic carbocycles.